The molecule has 1 aliphatic carbocycles. The fourth-order valence-corrected chi connectivity index (χ4v) is 2.79. The van der Waals surface area contributed by atoms with Crippen LogP contribution in [0.2, 0.25) is 5.02 Å². The summed E-state index contributed by atoms with van der Waals surface area (Å²) >= 11 is 9.25. The summed E-state index contributed by atoms with van der Waals surface area (Å²) in [6.07, 6.45) is 0.523. The van der Waals surface area contributed by atoms with Crippen molar-refractivity contribution >= 4 is 33.2 Å². The molecule has 14 heavy (non-hydrogen) atoms. The normalized spacial score (nSPS) is 30.4. The predicted octanol–water partition coefficient (Wildman–Crippen LogP) is 3.89. The summed E-state index contributed by atoms with van der Waals surface area (Å²) in [5.74, 6) is 0.0260. The largest absolute Gasteiger partial charge is 0.398 e. The molecule has 0 aliphatic heterocycles. The third kappa shape index (κ3) is 1.34. The second kappa shape index (κ2) is 3.11. The molecule has 0 unspecified atom stereocenters. The summed E-state index contributed by atoms with van der Waals surface area (Å²) in [5, 5.41) is 0.443. The lowest BCUT2D eigenvalue weighted by Crippen LogP contribution is -2.05. The molecule has 1 fully saturated rings. The highest BCUT2D eigenvalue weighted by Gasteiger charge is 2.55. The quantitative estimate of drug-likeness (QED) is 0.775. The molecule has 2 rings (SSSR count). The minimum absolute atomic E-state index is 0.0260. The van der Waals surface area contributed by atoms with Gasteiger partial charge in [0.05, 0.1) is 0 Å². The molecule has 1 aliphatic rings. The molecule has 0 radical (unpaired) electrons. The van der Waals surface area contributed by atoms with Gasteiger partial charge >= 0.3 is 0 Å². The maximum Gasteiger partial charge on any atom is 0.141 e. The maximum absolute atomic E-state index is 14.2. The highest BCUT2D eigenvalue weighted by Crippen LogP contribution is 2.59. The Bertz CT molecular complexity index is 396. The Labute approximate surface area is 95.6 Å². The summed E-state index contributed by atoms with van der Waals surface area (Å²) < 4.78 is 14.8. The van der Waals surface area contributed by atoms with Crippen molar-refractivity contribution in [2.75, 3.05) is 5.73 Å². The van der Waals surface area contributed by atoms with Crippen molar-refractivity contribution in [3.05, 3.63) is 27.2 Å². The lowest BCUT2D eigenvalue weighted by Gasteiger charge is -2.13. The van der Waals surface area contributed by atoms with Crippen LogP contribution in [-0.4, -0.2) is 0 Å². The van der Waals surface area contributed by atoms with Gasteiger partial charge in [0.1, 0.15) is 5.67 Å². The van der Waals surface area contributed by atoms with Crippen LogP contribution in [0.25, 0.3) is 0 Å². The smallest absolute Gasteiger partial charge is 0.141 e. The number of rotatable bonds is 1. The first-order chi connectivity index (χ1) is 6.47. The zero-order chi connectivity index (χ0) is 10.5. The van der Waals surface area contributed by atoms with Crippen molar-refractivity contribution in [2.24, 2.45) is 5.92 Å². The summed E-state index contributed by atoms with van der Waals surface area (Å²) in [6.45, 7) is 1.87. The maximum atomic E-state index is 14.2. The Hall–Kier alpha value is -0.280. The summed E-state index contributed by atoms with van der Waals surface area (Å²) in [7, 11) is 0. The Kier molecular flexibility index (Phi) is 2.27. The predicted molar refractivity (Wildman–Crippen MR) is 60.1 cm³/mol. The molecule has 1 aromatic carbocycles. The molecule has 1 aromatic rings. The number of nitrogen functional groups attached to an aromatic ring is 1. The molecular formula is C10H10BrClFN. The Morgan fingerprint density at radius 1 is 1.64 bits per heavy atom. The molecule has 0 aromatic heterocycles. The van der Waals surface area contributed by atoms with E-state index in [0.29, 0.717) is 27.2 Å². The van der Waals surface area contributed by atoms with E-state index in [4.69, 9.17) is 17.3 Å². The van der Waals surface area contributed by atoms with Crippen LogP contribution in [0.5, 0.6) is 0 Å². The van der Waals surface area contributed by atoms with Crippen LogP contribution in [0.4, 0.5) is 10.1 Å². The summed E-state index contributed by atoms with van der Waals surface area (Å²) in [5.41, 5.74) is 5.44. The second-order valence-corrected chi connectivity index (χ2v) is 4.99. The van der Waals surface area contributed by atoms with Gasteiger partial charge in [-0.15, -0.1) is 0 Å². The Morgan fingerprint density at radius 3 is 2.71 bits per heavy atom. The van der Waals surface area contributed by atoms with E-state index in [1.54, 1.807) is 12.1 Å². The van der Waals surface area contributed by atoms with Gasteiger partial charge in [-0.25, -0.2) is 4.39 Å². The fraction of sp³-hybridized carbons (Fsp3) is 0.400. The molecule has 2 atom stereocenters. The van der Waals surface area contributed by atoms with Crippen LogP contribution in [0.1, 0.15) is 18.9 Å². The van der Waals surface area contributed by atoms with Crippen LogP contribution >= 0.6 is 27.5 Å². The van der Waals surface area contributed by atoms with E-state index in [9.17, 15) is 4.39 Å². The summed E-state index contributed by atoms with van der Waals surface area (Å²) in [4.78, 5) is 0. The standard InChI is InChI=1S/C10H10BrClFN/c1-5-4-10(5,13)8-6(12)2-3-7(14)9(8)11/h2-3,5H,4,14H2,1H3/t5-,10-/m1/s1. The molecule has 1 saturated carbocycles. The zero-order valence-electron chi connectivity index (χ0n) is 7.65. The molecule has 0 heterocycles. The molecule has 2 N–H and O–H groups in total. The van der Waals surface area contributed by atoms with Crippen LogP contribution in [-0.2, 0) is 5.67 Å². The average Bonchev–Trinajstić information content (AvgIpc) is 2.69. The van der Waals surface area contributed by atoms with Gasteiger partial charge in [-0.05, 0) is 40.4 Å². The van der Waals surface area contributed by atoms with Crippen molar-refractivity contribution in [3.8, 4) is 0 Å². The van der Waals surface area contributed by atoms with Crippen molar-refractivity contribution in [1.29, 1.82) is 0 Å². The van der Waals surface area contributed by atoms with Crippen molar-refractivity contribution in [2.45, 2.75) is 19.0 Å². The first kappa shape index (κ1) is 10.2. The molecular weight excluding hydrogens is 268 g/mol. The monoisotopic (exact) mass is 277 g/mol. The number of nitrogens with two attached hydrogens (primary N) is 1. The fourth-order valence-electron chi connectivity index (χ4n) is 1.68. The molecule has 0 saturated heterocycles. The minimum atomic E-state index is -1.29. The third-order valence-corrected chi connectivity index (χ3v) is 3.93. The lowest BCUT2D eigenvalue weighted by molar-refractivity contribution is 0.292. The van der Waals surface area contributed by atoms with Gasteiger partial charge in [-0.3, -0.25) is 0 Å². The number of hydrogen-bond acceptors (Lipinski definition) is 1. The van der Waals surface area contributed by atoms with Gasteiger partial charge in [0.25, 0.3) is 0 Å². The molecule has 0 spiro atoms. The first-order valence-electron chi connectivity index (χ1n) is 4.39. The lowest BCUT2D eigenvalue weighted by atomic mass is 10.1. The van der Waals surface area contributed by atoms with Gasteiger partial charge in [0.2, 0.25) is 0 Å². The van der Waals surface area contributed by atoms with Crippen LogP contribution in [0, 0.1) is 5.92 Å². The van der Waals surface area contributed by atoms with Crippen molar-refractivity contribution in [1.82, 2.24) is 0 Å². The van der Waals surface area contributed by atoms with Crippen molar-refractivity contribution < 1.29 is 4.39 Å². The van der Waals surface area contributed by atoms with E-state index < -0.39 is 5.67 Å². The molecule has 4 heteroatoms. The Balaban J connectivity index is 2.58. The SMILES string of the molecule is C[C@@H]1C[C@]1(F)c1c(Cl)ccc(N)c1Br. The summed E-state index contributed by atoms with van der Waals surface area (Å²) in [6, 6.07) is 3.32. The number of alkyl halides is 1. The Morgan fingerprint density at radius 2 is 2.21 bits per heavy atom. The topological polar surface area (TPSA) is 26.0 Å². The molecule has 1 nitrogen and oxygen atoms in total. The number of hydrogen-bond donors (Lipinski definition) is 1. The minimum Gasteiger partial charge on any atom is -0.398 e. The van der Waals surface area contributed by atoms with Gasteiger partial charge < -0.3 is 5.73 Å². The second-order valence-electron chi connectivity index (χ2n) is 3.79. The van der Waals surface area contributed by atoms with Gasteiger partial charge in [0.15, 0.2) is 0 Å². The van der Waals surface area contributed by atoms with E-state index in [0.717, 1.165) is 0 Å². The van der Waals surface area contributed by atoms with E-state index in [1.807, 2.05) is 6.92 Å². The van der Waals surface area contributed by atoms with E-state index in [-0.39, 0.29) is 5.92 Å². The highest BCUT2D eigenvalue weighted by molar-refractivity contribution is 9.10. The van der Waals surface area contributed by atoms with Gasteiger partial charge in [0, 0.05) is 20.7 Å². The zero-order valence-corrected chi connectivity index (χ0v) is 9.99. The van der Waals surface area contributed by atoms with E-state index in [2.05, 4.69) is 15.9 Å². The van der Waals surface area contributed by atoms with Crippen LogP contribution in [0.3, 0.4) is 0 Å². The average molecular weight is 279 g/mol. The molecule has 0 amide bonds. The van der Waals surface area contributed by atoms with Crippen LogP contribution in [0.15, 0.2) is 16.6 Å². The van der Waals surface area contributed by atoms with Gasteiger partial charge in [-0.1, -0.05) is 18.5 Å². The van der Waals surface area contributed by atoms with Crippen LogP contribution < -0.4 is 5.73 Å². The van der Waals surface area contributed by atoms with Gasteiger partial charge in [-0.2, -0.15) is 0 Å². The third-order valence-electron chi connectivity index (χ3n) is 2.76. The molecule has 0 bridgehead atoms. The number of halogens is 3. The first-order valence-corrected chi connectivity index (χ1v) is 5.57. The van der Waals surface area contributed by atoms with E-state index >= 15 is 0 Å². The molecule has 76 valence electrons. The number of anilines is 1. The van der Waals surface area contributed by atoms with Crippen molar-refractivity contribution in [3.63, 3.8) is 0 Å². The number of benzene rings is 1. The highest BCUT2D eigenvalue weighted by atomic mass is 79.9. The van der Waals surface area contributed by atoms with E-state index in [1.165, 1.54) is 0 Å².